The molecule has 2 saturated heterocycles. The van der Waals surface area contributed by atoms with Crippen molar-refractivity contribution in [3.05, 3.63) is 0 Å². The molecule has 2 aliphatic rings. The minimum Gasteiger partial charge on any atom is -0.380 e. The molecule has 0 amide bonds. The number of nitrogens with zero attached hydrogens (tertiary/aromatic N) is 1. The first-order chi connectivity index (χ1) is 8.31. The highest BCUT2D eigenvalue weighted by Gasteiger charge is 2.27. The molecule has 0 saturated carbocycles. The molecule has 0 aromatic heterocycles. The summed E-state index contributed by atoms with van der Waals surface area (Å²) < 4.78 is 11.1. The summed E-state index contributed by atoms with van der Waals surface area (Å²) in [6.07, 6.45) is 4.45. The van der Waals surface area contributed by atoms with Gasteiger partial charge >= 0.3 is 0 Å². The Kier molecular flexibility index (Phi) is 5.22. The van der Waals surface area contributed by atoms with E-state index >= 15 is 0 Å². The van der Waals surface area contributed by atoms with Crippen LogP contribution >= 0.6 is 0 Å². The van der Waals surface area contributed by atoms with Gasteiger partial charge in [0.15, 0.2) is 0 Å². The molecule has 0 bridgehead atoms. The first-order valence-electron chi connectivity index (χ1n) is 6.92. The zero-order chi connectivity index (χ0) is 12.1. The van der Waals surface area contributed by atoms with E-state index in [0.717, 1.165) is 19.6 Å². The molecular formula is C13H26N2O2. The van der Waals surface area contributed by atoms with Crippen molar-refractivity contribution >= 4 is 0 Å². The van der Waals surface area contributed by atoms with E-state index in [1.54, 1.807) is 0 Å². The van der Waals surface area contributed by atoms with Gasteiger partial charge in [0.05, 0.1) is 12.2 Å². The lowest BCUT2D eigenvalue weighted by atomic mass is 10.1. The monoisotopic (exact) mass is 242 g/mol. The van der Waals surface area contributed by atoms with E-state index in [4.69, 9.17) is 9.47 Å². The Morgan fingerprint density at radius 3 is 2.59 bits per heavy atom. The molecule has 2 rings (SSSR count). The second-order valence-electron chi connectivity index (χ2n) is 5.15. The summed E-state index contributed by atoms with van der Waals surface area (Å²) in [6, 6.07) is 0.614. The number of methoxy groups -OCH3 is 1. The summed E-state index contributed by atoms with van der Waals surface area (Å²) >= 11 is 0. The molecule has 100 valence electrons. The van der Waals surface area contributed by atoms with Gasteiger partial charge in [0, 0.05) is 45.9 Å². The van der Waals surface area contributed by atoms with Crippen LogP contribution in [0.5, 0.6) is 0 Å². The van der Waals surface area contributed by atoms with Crippen molar-refractivity contribution in [1.82, 2.24) is 10.2 Å². The Hall–Kier alpha value is -0.160. The molecule has 0 radical (unpaired) electrons. The average Bonchev–Trinajstić information content (AvgIpc) is 2.80. The van der Waals surface area contributed by atoms with Crippen LogP contribution in [0, 0.1) is 0 Å². The lowest BCUT2D eigenvalue weighted by Crippen LogP contribution is -2.43. The van der Waals surface area contributed by atoms with E-state index in [-0.39, 0.29) is 0 Å². The quantitative estimate of drug-likeness (QED) is 0.775. The molecule has 2 atom stereocenters. The summed E-state index contributed by atoms with van der Waals surface area (Å²) in [4.78, 5) is 2.56. The standard InChI is InChI=1S/C13H26N2O2/c1-3-17-12-4-6-15(7-5-12)10-11-8-13(16-2)9-14-11/h11-14H,3-10H2,1-2H3. The van der Waals surface area contributed by atoms with Gasteiger partial charge in [-0.25, -0.2) is 0 Å². The van der Waals surface area contributed by atoms with Gasteiger partial charge in [-0.15, -0.1) is 0 Å². The number of likely N-dealkylation sites (tertiary alicyclic amines) is 1. The molecule has 4 heteroatoms. The average molecular weight is 242 g/mol. The van der Waals surface area contributed by atoms with Gasteiger partial charge in [0.1, 0.15) is 0 Å². The smallest absolute Gasteiger partial charge is 0.0711 e. The van der Waals surface area contributed by atoms with Gasteiger partial charge < -0.3 is 19.7 Å². The predicted octanol–water partition coefficient (Wildman–Crippen LogP) is 0.864. The maximum Gasteiger partial charge on any atom is 0.0711 e. The first kappa shape index (κ1) is 13.3. The Morgan fingerprint density at radius 2 is 2.00 bits per heavy atom. The number of rotatable bonds is 5. The van der Waals surface area contributed by atoms with Crippen LogP contribution < -0.4 is 5.32 Å². The van der Waals surface area contributed by atoms with Gasteiger partial charge in [-0.3, -0.25) is 0 Å². The summed E-state index contributed by atoms with van der Waals surface area (Å²) in [7, 11) is 1.81. The molecule has 2 heterocycles. The highest BCUT2D eigenvalue weighted by molar-refractivity contribution is 4.85. The molecule has 0 aliphatic carbocycles. The van der Waals surface area contributed by atoms with E-state index < -0.39 is 0 Å². The van der Waals surface area contributed by atoms with E-state index in [2.05, 4.69) is 17.1 Å². The molecule has 2 unspecified atom stereocenters. The maximum absolute atomic E-state index is 5.67. The van der Waals surface area contributed by atoms with Crippen LogP contribution in [0.1, 0.15) is 26.2 Å². The third-order valence-electron chi connectivity index (χ3n) is 3.93. The van der Waals surface area contributed by atoms with E-state index in [9.17, 15) is 0 Å². The van der Waals surface area contributed by atoms with Crippen LogP contribution in [0.4, 0.5) is 0 Å². The zero-order valence-corrected chi connectivity index (χ0v) is 11.2. The molecule has 0 aromatic rings. The number of piperidine rings is 1. The maximum atomic E-state index is 5.67. The number of ether oxygens (including phenoxy) is 2. The van der Waals surface area contributed by atoms with Crippen molar-refractivity contribution in [2.45, 2.75) is 44.4 Å². The summed E-state index contributed by atoms with van der Waals surface area (Å²) in [6.45, 7) is 7.47. The fourth-order valence-corrected chi connectivity index (χ4v) is 2.91. The zero-order valence-electron chi connectivity index (χ0n) is 11.2. The van der Waals surface area contributed by atoms with Gasteiger partial charge in [0.2, 0.25) is 0 Å². The lowest BCUT2D eigenvalue weighted by Gasteiger charge is -2.33. The summed E-state index contributed by atoms with van der Waals surface area (Å²) in [5.41, 5.74) is 0. The molecular weight excluding hydrogens is 216 g/mol. The Balaban J connectivity index is 1.65. The number of hydrogen-bond acceptors (Lipinski definition) is 4. The van der Waals surface area contributed by atoms with Gasteiger partial charge in [-0.2, -0.15) is 0 Å². The van der Waals surface area contributed by atoms with Crippen LogP contribution in [-0.4, -0.2) is 63.0 Å². The first-order valence-corrected chi connectivity index (χ1v) is 6.92. The molecule has 4 nitrogen and oxygen atoms in total. The largest absolute Gasteiger partial charge is 0.380 e. The Morgan fingerprint density at radius 1 is 1.24 bits per heavy atom. The van der Waals surface area contributed by atoms with Crippen molar-refractivity contribution in [3.63, 3.8) is 0 Å². The predicted molar refractivity (Wildman–Crippen MR) is 68.3 cm³/mol. The van der Waals surface area contributed by atoms with Crippen molar-refractivity contribution in [2.75, 3.05) is 39.9 Å². The fourth-order valence-electron chi connectivity index (χ4n) is 2.91. The highest BCUT2D eigenvalue weighted by Crippen LogP contribution is 2.16. The third kappa shape index (κ3) is 3.91. The van der Waals surface area contributed by atoms with E-state index in [1.807, 2.05) is 7.11 Å². The molecule has 1 N–H and O–H groups in total. The normalized spacial score (nSPS) is 32.1. The SMILES string of the molecule is CCOC1CCN(CC2CC(OC)CN2)CC1. The van der Waals surface area contributed by atoms with Gasteiger partial charge in [-0.05, 0) is 26.2 Å². The van der Waals surface area contributed by atoms with Crippen LogP contribution in [0.2, 0.25) is 0 Å². The van der Waals surface area contributed by atoms with Crippen molar-refractivity contribution < 1.29 is 9.47 Å². The van der Waals surface area contributed by atoms with Gasteiger partial charge in [0.25, 0.3) is 0 Å². The van der Waals surface area contributed by atoms with Crippen molar-refractivity contribution in [3.8, 4) is 0 Å². The highest BCUT2D eigenvalue weighted by atomic mass is 16.5. The van der Waals surface area contributed by atoms with Crippen molar-refractivity contribution in [2.24, 2.45) is 0 Å². The second-order valence-corrected chi connectivity index (χ2v) is 5.15. The summed E-state index contributed by atoms with van der Waals surface area (Å²) in [5, 5.41) is 3.54. The minimum atomic E-state index is 0.418. The van der Waals surface area contributed by atoms with E-state index in [1.165, 1.54) is 32.5 Å². The molecule has 0 spiro atoms. The number of nitrogens with one attached hydrogen (secondary N) is 1. The molecule has 17 heavy (non-hydrogen) atoms. The second kappa shape index (κ2) is 6.69. The van der Waals surface area contributed by atoms with Crippen LogP contribution in [0.25, 0.3) is 0 Å². The third-order valence-corrected chi connectivity index (χ3v) is 3.93. The van der Waals surface area contributed by atoms with Crippen LogP contribution in [0.3, 0.4) is 0 Å². The van der Waals surface area contributed by atoms with Crippen LogP contribution in [-0.2, 0) is 9.47 Å². The minimum absolute atomic E-state index is 0.418. The fraction of sp³-hybridized carbons (Fsp3) is 1.00. The van der Waals surface area contributed by atoms with Gasteiger partial charge in [-0.1, -0.05) is 0 Å². The topological polar surface area (TPSA) is 33.7 Å². The Bertz CT molecular complexity index is 217. The molecule has 0 aromatic carbocycles. The van der Waals surface area contributed by atoms with Crippen molar-refractivity contribution in [1.29, 1.82) is 0 Å². The van der Waals surface area contributed by atoms with Crippen LogP contribution in [0.15, 0.2) is 0 Å². The van der Waals surface area contributed by atoms with E-state index in [0.29, 0.717) is 18.2 Å². The molecule has 2 fully saturated rings. The number of hydrogen-bond donors (Lipinski definition) is 1. The summed E-state index contributed by atoms with van der Waals surface area (Å²) in [5.74, 6) is 0. The lowest BCUT2D eigenvalue weighted by molar-refractivity contribution is 0.0124. The Labute approximate surface area is 105 Å². The molecule has 2 aliphatic heterocycles.